The smallest absolute Gasteiger partial charge is 0.408 e. The molecule has 0 unspecified atom stereocenters. The molecule has 2 aromatic rings. The molecule has 1 amide bonds. The minimum absolute atomic E-state index is 0.149. The van der Waals surface area contributed by atoms with E-state index < -0.39 is 11.7 Å². The number of carbonyl (C=O) groups is 1. The molecular formula is C18H24ClN3O2. The van der Waals surface area contributed by atoms with Crippen LogP contribution in [0.4, 0.5) is 4.79 Å². The second-order valence-electron chi connectivity index (χ2n) is 7.05. The van der Waals surface area contributed by atoms with Crippen molar-refractivity contribution >= 4 is 17.7 Å². The van der Waals surface area contributed by atoms with Gasteiger partial charge in [-0.15, -0.1) is 0 Å². The maximum atomic E-state index is 12.1. The van der Waals surface area contributed by atoms with Crippen molar-refractivity contribution in [2.24, 2.45) is 5.92 Å². The van der Waals surface area contributed by atoms with Gasteiger partial charge in [0.25, 0.3) is 0 Å². The molecule has 6 heteroatoms. The SMILES string of the molecule is CC(C)[C@@H](NC(=O)OC(C)(C)C)c1nc(-c2cccc(Cl)c2)c[nH]1. The zero-order chi connectivity index (χ0) is 17.9. The molecule has 130 valence electrons. The molecule has 0 aliphatic carbocycles. The highest BCUT2D eigenvalue weighted by Gasteiger charge is 2.25. The van der Waals surface area contributed by atoms with Crippen molar-refractivity contribution in [2.75, 3.05) is 0 Å². The van der Waals surface area contributed by atoms with Crippen LogP contribution < -0.4 is 5.32 Å². The first-order valence-corrected chi connectivity index (χ1v) is 8.34. The number of aromatic nitrogens is 2. The van der Waals surface area contributed by atoms with Crippen LogP contribution in [0.2, 0.25) is 5.02 Å². The third-order valence-corrected chi connectivity index (χ3v) is 3.59. The summed E-state index contributed by atoms with van der Waals surface area (Å²) in [6.07, 6.45) is 1.36. The van der Waals surface area contributed by atoms with E-state index in [0.717, 1.165) is 11.3 Å². The second-order valence-corrected chi connectivity index (χ2v) is 7.49. The minimum Gasteiger partial charge on any atom is -0.444 e. The van der Waals surface area contributed by atoms with Gasteiger partial charge >= 0.3 is 6.09 Å². The maximum Gasteiger partial charge on any atom is 0.408 e. The normalized spacial score (nSPS) is 13.0. The summed E-state index contributed by atoms with van der Waals surface area (Å²) in [7, 11) is 0. The van der Waals surface area contributed by atoms with E-state index in [-0.39, 0.29) is 12.0 Å². The van der Waals surface area contributed by atoms with Crippen molar-refractivity contribution in [2.45, 2.75) is 46.3 Å². The van der Waals surface area contributed by atoms with E-state index in [0.29, 0.717) is 10.8 Å². The number of imidazole rings is 1. The number of rotatable bonds is 4. The van der Waals surface area contributed by atoms with Gasteiger partial charge in [0.1, 0.15) is 11.4 Å². The van der Waals surface area contributed by atoms with Crippen molar-refractivity contribution in [1.82, 2.24) is 15.3 Å². The lowest BCUT2D eigenvalue weighted by Gasteiger charge is -2.24. The van der Waals surface area contributed by atoms with Gasteiger partial charge in [0, 0.05) is 16.8 Å². The van der Waals surface area contributed by atoms with Gasteiger partial charge in [0.05, 0.1) is 11.7 Å². The van der Waals surface area contributed by atoms with Crippen molar-refractivity contribution < 1.29 is 9.53 Å². The van der Waals surface area contributed by atoms with Crippen LogP contribution in [-0.2, 0) is 4.74 Å². The molecule has 5 nitrogen and oxygen atoms in total. The molecule has 2 N–H and O–H groups in total. The highest BCUT2D eigenvalue weighted by Crippen LogP contribution is 2.25. The van der Waals surface area contributed by atoms with Crippen molar-refractivity contribution in [3.63, 3.8) is 0 Å². The van der Waals surface area contributed by atoms with E-state index in [2.05, 4.69) is 15.3 Å². The van der Waals surface area contributed by atoms with Gasteiger partial charge in [-0.3, -0.25) is 0 Å². The predicted octanol–water partition coefficient (Wildman–Crippen LogP) is 4.95. The topological polar surface area (TPSA) is 67.0 Å². The van der Waals surface area contributed by atoms with E-state index in [1.54, 1.807) is 0 Å². The number of ether oxygens (including phenoxy) is 1. The quantitative estimate of drug-likeness (QED) is 0.820. The molecule has 0 bridgehead atoms. The summed E-state index contributed by atoms with van der Waals surface area (Å²) < 4.78 is 5.34. The number of halogens is 1. The average Bonchev–Trinajstić information content (AvgIpc) is 2.92. The molecule has 1 aromatic carbocycles. The van der Waals surface area contributed by atoms with Gasteiger partial charge in [-0.05, 0) is 38.8 Å². The number of aromatic amines is 1. The van der Waals surface area contributed by atoms with Gasteiger partial charge in [-0.1, -0.05) is 37.6 Å². The van der Waals surface area contributed by atoms with E-state index >= 15 is 0 Å². The Bertz CT molecular complexity index is 704. The number of amides is 1. The van der Waals surface area contributed by atoms with E-state index in [9.17, 15) is 4.79 Å². The highest BCUT2D eigenvalue weighted by atomic mass is 35.5. The standard InChI is InChI=1S/C18H24ClN3O2/c1-11(2)15(22-17(23)24-18(3,4)5)16-20-10-14(21-16)12-7-6-8-13(19)9-12/h6-11,15H,1-5H3,(H,20,21)(H,22,23)/t15-/m1/s1. The summed E-state index contributed by atoms with van der Waals surface area (Å²) in [5.41, 5.74) is 1.16. The van der Waals surface area contributed by atoms with Crippen molar-refractivity contribution in [1.29, 1.82) is 0 Å². The summed E-state index contributed by atoms with van der Waals surface area (Å²) in [6, 6.07) is 7.22. The van der Waals surface area contributed by atoms with Crippen LogP contribution in [0.1, 0.15) is 46.5 Å². The van der Waals surface area contributed by atoms with Crippen molar-refractivity contribution in [3.8, 4) is 11.3 Å². The summed E-state index contributed by atoms with van der Waals surface area (Å²) in [4.78, 5) is 19.8. The Balaban J connectivity index is 2.19. The van der Waals surface area contributed by atoms with Crippen LogP contribution in [0, 0.1) is 5.92 Å². The summed E-state index contributed by atoms with van der Waals surface area (Å²) >= 11 is 6.03. The Morgan fingerprint density at radius 2 is 2.04 bits per heavy atom. The zero-order valence-corrected chi connectivity index (χ0v) is 15.4. The first-order valence-electron chi connectivity index (χ1n) is 7.96. The lowest BCUT2D eigenvalue weighted by Crippen LogP contribution is -2.37. The molecule has 1 aromatic heterocycles. The zero-order valence-electron chi connectivity index (χ0n) is 14.7. The number of nitrogens with one attached hydrogen (secondary N) is 2. The molecule has 0 aliphatic heterocycles. The van der Waals surface area contributed by atoms with E-state index in [4.69, 9.17) is 16.3 Å². The van der Waals surface area contributed by atoms with Crippen molar-refractivity contribution in [3.05, 3.63) is 41.3 Å². The molecule has 1 atom stereocenters. The number of carbonyl (C=O) groups excluding carboxylic acids is 1. The molecule has 24 heavy (non-hydrogen) atoms. The first kappa shape index (κ1) is 18.3. The third-order valence-electron chi connectivity index (χ3n) is 3.35. The lowest BCUT2D eigenvalue weighted by molar-refractivity contribution is 0.0486. The Labute approximate surface area is 147 Å². The van der Waals surface area contributed by atoms with Crippen LogP contribution >= 0.6 is 11.6 Å². The van der Waals surface area contributed by atoms with Crippen LogP contribution in [-0.4, -0.2) is 21.7 Å². The number of H-pyrrole nitrogens is 1. The summed E-state index contributed by atoms with van der Waals surface area (Å²) in [5.74, 6) is 0.835. The largest absolute Gasteiger partial charge is 0.444 e. The number of hydrogen-bond acceptors (Lipinski definition) is 3. The number of nitrogens with zero attached hydrogens (tertiary/aromatic N) is 1. The Morgan fingerprint density at radius 3 is 2.62 bits per heavy atom. The Kier molecular flexibility index (Phi) is 5.54. The highest BCUT2D eigenvalue weighted by molar-refractivity contribution is 6.30. The number of benzene rings is 1. The maximum absolute atomic E-state index is 12.1. The second kappa shape index (κ2) is 7.26. The number of hydrogen-bond donors (Lipinski definition) is 2. The lowest BCUT2D eigenvalue weighted by atomic mass is 10.0. The van der Waals surface area contributed by atoms with Crippen LogP contribution in [0.15, 0.2) is 30.5 Å². The van der Waals surface area contributed by atoms with Gasteiger partial charge in [-0.2, -0.15) is 0 Å². The molecule has 1 heterocycles. The molecule has 2 rings (SSSR count). The predicted molar refractivity (Wildman–Crippen MR) is 96.0 cm³/mol. The molecule has 0 radical (unpaired) electrons. The van der Waals surface area contributed by atoms with Gasteiger partial charge in [0.2, 0.25) is 0 Å². The molecule has 0 saturated carbocycles. The summed E-state index contributed by atoms with van der Waals surface area (Å²) in [6.45, 7) is 9.54. The summed E-state index contributed by atoms with van der Waals surface area (Å²) in [5, 5.41) is 3.54. The first-order chi connectivity index (χ1) is 11.2. The fourth-order valence-corrected chi connectivity index (χ4v) is 2.47. The van der Waals surface area contributed by atoms with Gasteiger partial charge in [-0.25, -0.2) is 9.78 Å². The van der Waals surface area contributed by atoms with Crippen LogP contribution in [0.5, 0.6) is 0 Å². The monoisotopic (exact) mass is 349 g/mol. The van der Waals surface area contributed by atoms with Crippen LogP contribution in [0.3, 0.4) is 0 Å². The molecule has 0 fully saturated rings. The molecule has 0 aliphatic rings. The van der Waals surface area contributed by atoms with Gasteiger partial charge < -0.3 is 15.0 Å². The third kappa shape index (κ3) is 4.99. The number of alkyl carbamates (subject to hydrolysis) is 1. The molecular weight excluding hydrogens is 326 g/mol. The molecule has 0 saturated heterocycles. The fraction of sp³-hybridized carbons (Fsp3) is 0.444. The van der Waals surface area contributed by atoms with Gasteiger partial charge in [0.15, 0.2) is 0 Å². The van der Waals surface area contributed by atoms with Crippen LogP contribution in [0.25, 0.3) is 11.3 Å². The fourth-order valence-electron chi connectivity index (χ4n) is 2.28. The Morgan fingerprint density at radius 1 is 1.33 bits per heavy atom. The minimum atomic E-state index is -0.541. The Hall–Kier alpha value is -2.01. The average molecular weight is 350 g/mol. The van der Waals surface area contributed by atoms with E-state index in [1.807, 2.05) is 65.1 Å². The molecule has 0 spiro atoms. The van der Waals surface area contributed by atoms with E-state index in [1.165, 1.54) is 0 Å².